The van der Waals surface area contributed by atoms with Gasteiger partial charge in [0, 0.05) is 5.54 Å². The Balaban J connectivity index is 1.87. The Morgan fingerprint density at radius 3 is 2.05 bits per heavy atom. The highest BCUT2D eigenvalue weighted by Crippen LogP contribution is 2.43. The van der Waals surface area contributed by atoms with Crippen molar-refractivity contribution in [1.29, 1.82) is 0 Å². The summed E-state index contributed by atoms with van der Waals surface area (Å²) < 4.78 is 0. The highest BCUT2D eigenvalue weighted by Gasteiger charge is 2.45. The van der Waals surface area contributed by atoms with Crippen LogP contribution in [-0.2, 0) is 0 Å². The molecule has 1 unspecified atom stereocenters. The van der Waals surface area contributed by atoms with Gasteiger partial charge in [0.1, 0.15) is 0 Å². The van der Waals surface area contributed by atoms with Gasteiger partial charge in [0.25, 0.3) is 0 Å². The Labute approximate surface area is 114 Å². The van der Waals surface area contributed by atoms with Gasteiger partial charge in [-0.25, -0.2) is 0 Å². The second-order valence-electron chi connectivity index (χ2n) is 5.44. The minimum atomic E-state index is -0.0387. The van der Waals surface area contributed by atoms with Crippen LogP contribution in [0.25, 0.3) is 11.1 Å². The fourth-order valence-electron chi connectivity index (χ4n) is 2.72. The van der Waals surface area contributed by atoms with Crippen LogP contribution in [0, 0.1) is 0 Å². The average Bonchev–Trinajstić information content (AvgIpc) is 3.20. The van der Waals surface area contributed by atoms with Crippen LogP contribution in [0.4, 0.5) is 0 Å². The molecule has 2 aromatic rings. The Hall–Kier alpha value is -1.64. The van der Waals surface area contributed by atoms with Crippen molar-refractivity contribution >= 4 is 0 Å². The molecule has 2 heteroatoms. The Morgan fingerprint density at radius 2 is 1.53 bits per heavy atom. The lowest BCUT2D eigenvalue weighted by Crippen LogP contribution is -2.38. The first-order valence-corrected chi connectivity index (χ1v) is 6.84. The van der Waals surface area contributed by atoms with Crippen molar-refractivity contribution in [2.45, 2.75) is 24.4 Å². The second kappa shape index (κ2) is 4.80. The van der Waals surface area contributed by atoms with E-state index in [0.717, 1.165) is 12.8 Å². The molecule has 0 saturated heterocycles. The van der Waals surface area contributed by atoms with Crippen molar-refractivity contribution in [3.63, 3.8) is 0 Å². The smallest absolute Gasteiger partial charge is 0.0500 e. The first-order chi connectivity index (χ1) is 9.23. The van der Waals surface area contributed by atoms with Gasteiger partial charge in [-0.15, -0.1) is 0 Å². The highest BCUT2D eigenvalue weighted by molar-refractivity contribution is 5.63. The molecule has 1 aliphatic rings. The highest BCUT2D eigenvalue weighted by atomic mass is 15.0. The zero-order valence-corrected chi connectivity index (χ0v) is 11.3. The van der Waals surface area contributed by atoms with Crippen molar-refractivity contribution in [3.05, 3.63) is 60.2 Å². The lowest BCUT2D eigenvalue weighted by Gasteiger charge is -2.23. The molecule has 2 nitrogen and oxygen atoms in total. The molecule has 19 heavy (non-hydrogen) atoms. The molecule has 0 aliphatic heterocycles. The minimum absolute atomic E-state index is 0.0387. The summed E-state index contributed by atoms with van der Waals surface area (Å²) in [5, 5.41) is 3.36. The van der Waals surface area contributed by atoms with E-state index in [0.29, 0.717) is 0 Å². The van der Waals surface area contributed by atoms with Crippen LogP contribution in [0.2, 0.25) is 0 Å². The maximum Gasteiger partial charge on any atom is 0.0500 e. The molecule has 0 spiro atoms. The van der Waals surface area contributed by atoms with Crippen LogP contribution in [0.15, 0.2) is 54.6 Å². The molecule has 98 valence electrons. The van der Waals surface area contributed by atoms with Gasteiger partial charge in [-0.3, -0.25) is 0 Å². The average molecular weight is 252 g/mol. The summed E-state index contributed by atoms with van der Waals surface area (Å²) >= 11 is 0. The van der Waals surface area contributed by atoms with Crippen LogP contribution in [0.5, 0.6) is 0 Å². The third-order valence-corrected chi connectivity index (χ3v) is 4.04. The summed E-state index contributed by atoms with van der Waals surface area (Å²) in [7, 11) is 1.99. The quantitative estimate of drug-likeness (QED) is 0.877. The van der Waals surface area contributed by atoms with E-state index in [1.54, 1.807) is 0 Å². The molecule has 3 N–H and O–H groups in total. The third-order valence-electron chi connectivity index (χ3n) is 4.04. The maximum absolute atomic E-state index is 6.32. The molecule has 0 radical (unpaired) electrons. The van der Waals surface area contributed by atoms with E-state index in [1.165, 1.54) is 16.7 Å². The summed E-state index contributed by atoms with van der Waals surface area (Å²) in [4.78, 5) is 0. The lowest BCUT2D eigenvalue weighted by atomic mass is 9.95. The van der Waals surface area contributed by atoms with Crippen LogP contribution in [-0.4, -0.2) is 12.6 Å². The van der Waals surface area contributed by atoms with E-state index in [1.807, 2.05) is 13.1 Å². The summed E-state index contributed by atoms with van der Waals surface area (Å²) in [6.07, 6.45) is 2.22. The van der Waals surface area contributed by atoms with Gasteiger partial charge in [0.15, 0.2) is 0 Å². The molecule has 1 saturated carbocycles. The number of rotatable bonds is 4. The molecular weight excluding hydrogens is 232 g/mol. The Bertz CT molecular complexity index is 541. The van der Waals surface area contributed by atoms with Crippen molar-refractivity contribution in [1.82, 2.24) is 5.32 Å². The molecular formula is C17H20N2. The van der Waals surface area contributed by atoms with Gasteiger partial charge >= 0.3 is 0 Å². The van der Waals surface area contributed by atoms with Gasteiger partial charge in [-0.05, 0) is 36.6 Å². The fraction of sp³-hybridized carbons (Fsp3) is 0.294. The topological polar surface area (TPSA) is 38.0 Å². The van der Waals surface area contributed by atoms with Crippen molar-refractivity contribution in [2.75, 3.05) is 7.05 Å². The van der Waals surface area contributed by atoms with E-state index in [2.05, 4.69) is 53.8 Å². The Kier molecular flexibility index (Phi) is 3.13. The zero-order valence-electron chi connectivity index (χ0n) is 11.3. The van der Waals surface area contributed by atoms with Crippen molar-refractivity contribution in [3.8, 4) is 11.1 Å². The molecule has 3 rings (SSSR count). The SMILES string of the molecule is CNC(c1ccc(-c2ccccc2)cc1)C1(N)CC1. The molecule has 0 amide bonds. The van der Waals surface area contributed by atoms with Gasteiger partial charge in [0.05, 0.1) is 6.04 Å². The monoisotopic (exact) mass is 252 g/mol. The molecule has 1 aliphatic carbocycles. The number of nitrogens with one attached hydrogen (secondary N) is 1. The molecule has 1 atom stereocenters. The predicted molar refractivity (Wildman–Crippen MR) is 79.8 cm³/mol. The summed E-state index contributed by atoms with van der Waals surface area (Å²) in [6, 6.07) is 19.5. The standard InChI is InChI=1S/C17H20N2/c1-19-16(17(18)11-12-17)15-9-7-14(8-10-15)13-5-3-2-4-6-13/h2-10,16,19H,11-12,18H2,1H3. The van der Waals surface area contributed by atoms with Gasteiger partial charge < -0.3 is 11.1 Å². The van der Waals surface area contributed by atoms with Crippen molar-refractivity contribution < 1.29 is 0 Å². The van der Waals surface area contributed by atoms with Gasteiger partial charge in [-0.1, -0.05) is 54.6 Å². The number of hydrogen-bond donors (Lipinski definition) is 2. The van der Waals surface area contributed by atoms with Crippen LogP contribution in [0.1, 0.15) is 24.4 Å². The number of hydrogen-bond acceptors (Lipinski definition) is 2. The summed E-state index contributed by atoms with van der Waals surface area (Å²) in [5.74, 6) is 0. The number of likely N-dealkylation sites (N-methyl/N-ethyl adjacent to an activating group) is 1. The molecule has 1 fully saturated rings. The first-order valence-electron chi connectivity index (χ1n) is 6.84. The number of benzene rings is 2. The largest absolute Gasteiger partial charge is 0.323 e. The normalized spacial score (nSPS) is 18.0. The minimum Gasteiger partial charge on any atom is -0.323 e. The second-order valence-corrected chi connectivity index (χ2v) is 5.44. The first kappa shape index (κ1) is 12.4. The van der Waals surface area contributed by atoms with E-state index in [9.17, 15) is 0 Å². The summed E-state index contributed by atoms with van der Waals surface area (Å²) in [5.41, 5.74) is 10.1. The lowest BCUT2D eigenvalue weighted by molar-refractivity contribution is 0.461. The predicted octanol–water partition coefficient (Wildman–Crippen LogP) is 3.11. The Morgan fingerprint density at radius 1 is 0.947 bits per heavy atom. The fourth-order valence-corrected chi connectivity index (χ4v) is 2.72. The van der Waals surface area contributed by atoms with E-state index >= 15 is 0 Å². The van der Waals surface area contributed by atoms with E-state index in [-0.39, 0.29) is 11.6 Å². The van der Waals surface area contributed by atoms with Crippen LogP contribution < -0.4 is 11.1 Å². The van der Waals surface area contributed by atoms with Crippen LogP contribution in [0.3, 0.4) is 0 Å². The molecule has 2 aromatic carbocycles. The molecule has 0 aromatic heterocycles. The van der Waals surface area contributed by atoms with E-state index in [4.69, 9.17) is 5.73 Å². The van der Waals surface area contributed by atoms with Gasteiger partial charge in [0.2, 0.25) is 0 Å². The number of nitrogens with two attached hydrogens (primary N) is 1. The van der Waals surface area contributed by atoms with Crippen LogP contribution >= 0.6 is 0 Å². The van der Waals surface area contributed by atoms with Gasteiger partial charge in [-0.2, -0.15) is 0 Å². The van der Waals surface area contributed by atoms with E-state index < -0.39 is 0 Å². The zero-order chi connectivity index (χ0) is 13.3. The molecule has 0 bridgehead atoms. The third kappa shape index (κ3) is 2.42. The summed E-state index contributed by atoms with van der Waals surface area (Å²) in [6.45, 7) is 0. The maximum atomic E-state index is 6.32. The van der Waals surface area contributed by atoms with Crippen molar-refractivity contribution in [2.24, 2.45) is 5.73 Å². The molecule has 0 heterocycles.